The summed E-state index contributed by atoms with van der Waals surface area (Å²) in [7, 11) is -3.60. The van der Waals surface area contributed by atoms with E-state index in [1.807, 2.05) is 0 Å². The van der Waals surface area contributed by atoms with Gasteiger partial charge in [0.2, 0.25) is 10.0 Å². The first-order chi connectivity index (χ1) is 9.25. The van der Waals surface area contributed by atoms with Gasteiger partial charge in [0.15, 0.2) is 0 Å². The largest absolute Gasteiger partial charge is 0.389 e. The van der Waals surface area contributed by atoms with E-state index in [9.17, 15) is 21.6 Å². The van der Waals surface area contributed by atoms with Crippen LogP contribution in [0, 0.1) is 11.8 Å². The Morgan fingerprint density at radius 1 is 1.15 bits per heavy atom. The highest BCUT2D eigenvalue weighted by Crippen LogP contribution is 2.32. The maximum absolute atomic E-state index is 12.0. The molecule has 3 atom stereocenters. The van der Waals surface area contributed by atoms with Crippen LogP contribution in [0.5, 0.6) is 0 Å². The summed E-state index contributed by atoms with van der Waals surface area (Å²) in [5, 5.41) is 3.30. The predicted octanol–water partition coefficient (Wildman–Crippen LogP) is 1.64. The molecule has 0 spiro atoms. The fraction of sp³-hybridized carbons (Fsp3) is 1.00. The van der Waals surface area contributed by atoms with Crippen LogP contribution in [0.25, 0.3) is 0 Å². The Balaban J connectivity index is 1.77. The summed E-state index contributed by atoms with van der Waals surface area (Å²) >= 11 is 0. The van der Waals surface area contributed by atoms with Crippen LogP contribution in [0.2, 0.25) is 0 Å². The van der Waals surface area contributed by atoms with Crippen LogP contribution >= 0.6 is 0 Å². The fourth-order valence-corrected chi connectivity index (χ4v) is 4.55. The Hall–Kier alpha value is -0.340. The summed E-state index contributed by atoms with van der Waals surface area (Å²) in [5.74, 6) is 0.669. The highest BCUT2D eigenvalue weighted by Gasteiger charge is 2.35. The summed E-state index contributed by atoms with van der Waals surface area (Å²) in [4.78, 5) is 0. The average molecular weight is 314 g/mol. The Bertz CT molecular complexity index is 425. The van der Waals surface area contributed by atoms with Gasteiger partial charge in [-0.15, -0.1) is 0 Å². The number of rotatable bonds is 5. The van der Waals surface area contributed by atoms with E-state index < -0.39 is 28.4 Å². The zero-order chi connectivity index (χ0) is 14.8. The lowest BCUT2D eigenvalue weighted by atomic mass is 9.79. The zero-order valence-corrected chi connectivity index (χ0v) is 12.1. The smallest absolute Gasteiger partial charge is 0.316 e. The Kier molecular flexibility index (Phi) is 4.96. The van der Waals surface area contributed by atoms with Gasteiger partial charge in [0.1, 0.15) is 0 Å². The van der Waals surface area contributed by atoms with Gasteiger partial charge >= 0.3 is 6.18 Å². The first-order valence-corrected chi connectivity index (χ1v) is 8.68. The molecule has 2 fully saturated rings. The third-order valence-electron chi connectivity index (χ3n) is 4.17. The van der Waals surface area contributed by atoms with Gasteiger partial charge in [-0.1, -0.05) is 0 Å². The molecule has 0 aromatic heterocycles. The molecule has 2 N–H and O–H groups in total. The lowest BCUT2D eigenvalue weighted by Gasteiger charge is -2.31. The minimum Gasteiger partial charge on any atom is -0.316 e. The van der Waals surface area contributed by atoms with Crippen LogP contribution in [0.1, 0.15) is 32.1 Å². The quantitative estimate of drug-likeness (QED) is 0.811. The first kappa shape index (κ1) is 16.0. The first-order valence-electron chi connectivity index (χ1n) is 7.03. The van der Waals surface area contributed by atoms with E-state index in [0.29, 0.717) is 11.8 Å². The second-order valence-corrected chi connectivity index (χ2v) is 7.72. The number of nitrogens with one attached hydrogen (secondary N) is 2. The molecule has 1 saturated heterocycles. The molecule has 2 aliphatic rings. The molecule has 1 saturated carbocycles. The summed E-state index contributed by atoms with van der Waals surface area (Å²) in [6.07, 6.45) is -3.17. The highest BCUT2D eigenvalue weighted by molar-refractivity contribution is 7.89. The highest BCUT2D eigenvalue weighted by atomic mass is 32.2. The van der Waals surface area contributed by atoms with E-state index in [0.717, 1.165) is 32.4 Å². The number of halogens is 3. The van der Waals surface area contributed by atoms with Crippen molar-refractivity contribution < 1.29 is 21.6 Å². The van der Waals surface area contributed by atoms with Crippen molar-refractivity contribution in [2.45, 2.75) is 44.3 Å². The van der Waals surface area contributed by atoms with E-state index in [-0.39, 0.29) is 12.5 Å². The monoisotopic (exact) mass is 314 g/mol. The maximum Gasteiger partial charge on any atom is 0.389 e. The van der Waals surface area contributed by atoms with Crippen molar-refractivity contribution in [3.63, 3.8) is 0 Å². The van der Waals surface area contributed by atoms with Crippen LogP contribution in [-0.2, 0) is 10.0 Å². The Morgan fingerprint density at radius 3 is 2.55 bits per heavy atom. The number of hydrogen-bond donors (Lipinski definition) is 2. The summed E-state index contributed by atoms with van der Waals surface area (Å²) in [6, 6.07) is -0.118. The lowest BCUT2D eigenvalue weighted by Crippen LogP contribution is -2.41. The van der Waals surface area contributed by atoms with Crippen molar-refractivity contribution in [1.82, 2.24) is 10.0 Å². The minimum absolute atomic E-state index is 0.118. The van der Waals surface area contributed by atoms with Crippen molar-refractivity contribution in [1.29, 1.82) is 0 Å². The van der Waals surface area contributed by atoms with E-state index in [1.54, 1.807) is 0 Å². The number of hydrogen-bond acceptors (Lipinski definition) is 3. The summed E-state index contributed by atoms with van der Waals surface area (Å²) in [6.45, 7) is 1.91. The minimum atomic E-state index is -4.29. The van der Waals surface area contributed by atoms with Gasteiger partial charge in [0.05, 0.1) is 5.75 Å². The van der Waals surface area contributed by atoms with Gasteiger partial charge in [-0.25, -0.2) is 13.1 Å². The molecule has 20 heavy (non-hydrogen) atoms. The fourth-order valence-electron chi connectivity index (χ4n) is 3.18. The SMILES string of the molecule is O=S(=O)(CCCC(F)(F)F)NC1CC[C@H]2CNC[C@H]2C1. The summed E-state index contributed by atoms with van der Waals surface area (Å²) < 4.78 is 62.2. The second-order valence-electron chi connectivity index (χ2n) is 5.84. The Labute approximate surface area is 117 Å². The molecule has 1 aliphatic carbocycles. The molecular formula is C12H21F3N2O2S. The predicted molar refractivity (Wildman–Crippen MR) is 69.7 cm³/mol. The number of fused-ring (bicyclic) bond motifs is 1. The molecule has 0 aromatic carbocycles. The molecule has 118 valence electrons. The molecule has 1 aliphatic heterocycles. The average Bonchev–Trinajstić information content (AvgIpc) is 2.73. The van der Waals surface area contributed by atoms with Crippen LogP contribution in [0.4, 0.5) is 13.2 Å². The molecule has 0 radical (unpaired) electrons. The molecule has 4 nitrogen and oxygen atoms in total. The number of alkyl halides is 3. The van der Waals surface area contributed by atoms with E-state index >= 15 is 0 Å². The Morgan fingerprint density at radius 2 is 1.85 bits per heavy atom. The van der Waals surface area contributed by atoms with Crippen molar-refractivity contribution >= 4 is 10.0 Å². The maximum atomic E-state index is 12.0. The third-order valence-corrected chi connectivity index (χ3v) is 5.69. The van der Waals surface area contributed by atoms with Crippen LogP contribution in [0.3, 0.4) is 0 Å². The van der Waals surface area contributed by atoms with Crippen molar-refractivity contribution in [2.24, 2.45) is 11.8 Å². The lowest BCUT2D eigenvalue weighted by molar-refractivity contribution is -0.134. The van der Waals surface area contributed by atoms with Gasteiger partial charge in [0, 0.05) is 12.5 Å². The molecule has 1 unspecified atom stereocenters. The molecule has 1 heterocycles. The van der Waals surface area contributed by atoms with Gasteiger partial charge in [-0.05, 0) is 50.6 Å². The molecule has 0 bridgehead atoms. The van der Waals surface area contributed by atoms with Gasteiger partial charge in [-0.3, -0.25) is 0 Å². The molecule has 0 aromatic rings. The molecule has 8 heteroatoms. The van der Waals surface area contributed by atoms with Crippen molar-refractivity contribution in [3.8, 4) is 0 Å². The van der Waals surface area contributed by atoms with Gasteiger partial charge in [0.25, 0.3) is 0 Å². The van der Waals surface area contributed by atoms with Crippen molar-refractivity contribution in [2.75, 3.05) is 18.8 Å². The normalized spacial score (nSPS) is 31.2. The zero-order valence-electron chi connectivity index (χ0n) is 11.2. The second kappa shape index (κ2) is 6.19. The third kappa shape index (κ3) is 4.89. The summed E-state index contributed by atoms with van der Waals surface area (Å²) in [5.41, 5.74) is 0. The van der Waals surface area contributed by atoms with E-state index in [4.69, 9.17) is 0 Å². The topological polar surface area (TPSA) is 58.2 Å². The standard InChI is InChI=1S/C12H21F3N2O2S/c13-12(14,15)4-1-5-20(18,19)17-11-3-2-9-7-16-8-10(9)6-11/h9-11,16-17H,1-8H2/t9-,10+,11?/m0/s1. The molecular weight excluding hydrogens is 293 g/mol. The van der Waals surface area contributed by atoms with Crippen LogP contribution in [-0.4, -0.2) is 39.5 Å². The van der Waals surface area contributed by atoms with Crippen LogP contribution in [0.15, 0.2) is 0 Å². The molecule has 2 rings (SSSR count). The van der Waals surface area contributed by atoms with Crippen molar-refractivity contribution in [3.05, 3.63) is 0 Å². The number of sulfonamides is 1. The van der Waals surface area contributed by atoms with Gasteiger partial charge in [-0.2, -0.15) is 13.2 Å². The van der Waals surface area contributed by atoms with E-state index in [2.05, 4.69) is 10.0 Å². The van der Waals surface area contributed by atoms with E-state index in [1.165, 1.54) is 0 Å². The molecule has 0 amide bonds. The van der Waals surface area contributed by atoms with Crippen LogP contribution < -0.4 is 10.0 Å². The van der Waals surface area contributed by atoms with Gasteiger partial charge < -0.3 is 5.32 Å².